The number of aromatic nitrogens is 2. The molecular weight excluding hydrogens is 340 g/mol. The highest BCUT2D eigenvalue weighted by Crippen LogP contribution is 2.30. The summed E-state index contributed by atoms with van der Waals surface area (Å²) in [5, 5.41) is 0. The van der Waals surface area contributed by atoms with Crippen molar-refractivity contribution < 1.29 is 0 Å². The van der Waals surface area contributed by atoms with Crippen molar-refractivity contribution in [1.29, 1.82) is 0 Å². The minimum atomic E-state index is 1.01. The molecule has 0 saturated carbocycles. The Labute approximate surface area is 170 Å². The maximum Gasteiger partial charge on any atom is 0.140 e. The Morgan fingerprint density at radius 3 is 2.18 bits per heavy atom. The van der Waals surface area contributed by atoms with E-state index in [1.54, 1.807) is 0 Å². The summed E-state index contributed by atoms with van der Waals surface area (Å²) in [6.07, 6.45) is 5.33. The fourth-order valence-electron chi connectivity index (χ4n) is 4.07. The molecule has 2 aromatic carbocycles. The van der Waals surface area contributed by atoms with Gasteiger partial charge < -0.3 is 4.57 Å². The van der Waals surface area contributed by atoms with Crippen LogP contribution in [-0.4, -0.2) is 9.55 Å². The van der Waals surface area contributed by atoms with Gasteiger partial charge in [0.2, 0.25) is 0 Å². The zero-order valence-electron chi connectivity index (χ0n) is 18.0. The normalized spacial score (nSPS) is 11.0. The summed E-state index contributed by atoms with van der Waals surface area (Å²) in [6.45, 7) is 15.7. The molecular formula is C26H32N2. The first-order valence-electron chi connectivity index (χ1n) is 10.2. The molecule has 3 rings (SSSR count). The molecule has 0 aliphatic carbocycles. The van der Waals surface area contributed by atoms with Crippen LogP contribution < -0.4 is 0 Å². The molecule has 1 aromatic heterocycles. The van der Waals surface area contributed by atoms with Crippen LogP contribution in [0.15, 0.2) is 43.0 Å². The topological polar surface area (TPSA) is 17.8 Å². The van der Waals surface area contributed by atoms with Gasteiger partial charge in [0, 0.05) is 17.8 Å². The highest BCUT2D eigenvalue weighted by Gasteiger charge is 2.16. The number of aryl methyl sites for hydroxylation is 5. The standard InChI is InChI=1S/C26H32N2/c1-7-23-11-13-24(14-12-23)10-8-9-15-28-22(6)21(5)27-26(28)25-19(3)16-18(2)17-20(25)4/h7,11-14,16-17H,1,8-10,15H2,2-6H3. The van der Waals surface area contributed by atoms with Crippen LogP contribution in [0.1, 0.15) is 52.0 Å². The van der Waals surface area contributed by atoms with Gasteiger partial charge in [0.25, 0.3) is 0 Å². The number of imidazole rings is 1. The van der Waals surface area contributed by atoms with Crippen molar-refractivity contribution in [2.75, 3.05) is 0 Å². The average Bonchev–Trinajstić information content (AvgIpc) is 2.93. The SMILES string of the molecule is C=Cc1ccc(CCCCn2c(-c3c(C)cc(C)cc3C)nc(C)c2C)cc1. The quantitative estimate of drug-likeness (QED) is 0.419. The van der Waals surface area contributed by atoms with Crippen molar-refractivity contribution in [2.24, 2.45) is 0 Å². The molecule has 146 valence electrons. The molecule has 0 radical (unpaired) electrons. The monoisotopic (exact) mass is 372 g/mol. The minimum absolute atomic E-state index is 1.01. The molecule has 0 atom stereocenters. The molecule has 0 N–H and O–H groups in total. The molecule has 0 bridgehead atoms. The molecule has 0 amide bonds. The molecule has 0 spiro atoms. The van der Waals surface area contributed by atoms with Crippen LogP contribution in [0.4, 0.5) is 0 Å². The van der Waals surface area contributed by atoms with E-state index < -0.39 is 0 Å². The Hall–Kier alpha value is -2.61. The fraction of sp³-hybridized carbons (Fsp3) is 0.346. The van der Waals surface area contributed by atoms with Gasteiger partial charge in [-0.25, -0.2) is 4.98 Å². The second kappa shape index (κ2) is 8.60. The van der Waals surface area contributed by atoms with E-state index in [2.05, 4.69) is 82.2 Å². The van der Waals surface area contributed by atoms with Gasteiger partial charge in [0.15, 0.2) is 0 Å². The van der Waals surface area contributed by atoms with Crippen LogP contribution in [0.5, 0.6) is 0 Å². The zero-order valence-corrected chi connectivity index (χ0v) is 18.0. The predicted octanol–water partition coefficient (Wildman–Crippen LogP) is 6.76. The molecule has 0 fully saturated rings. The molecule has 1 heterocycles. The van der Waals surface area contributed by atoms with E-state index in [4.69, 9.17) is 4.98 Å². The molecule has 0 aliphatic rings. The van der Waals surface area contributed by atoms with Gasteiger partial charge in [-0.3, -0.25) is 0 Å². The van der Waals surface area contributed by atoms with Crippen molar-refractivity contribution in [2.45, 2.75) is 60.4 Å². The molecule has 0 unspecified atom stereocenters. The fourth-order valence-corrected chi connectivity index (χ4v) is 4.07. The van der Waals surface area contributed by atoms with Crippen LogP contribution in [0.25, 0.3) is 17.5 Å². The van der Waals surface area contributed by atoms with Crippen LogP contribution in [-0.2, 0) is 13.0 Å². The lowest BCUT2D eigenvalue weighted by atomic mass is 9.99. The summed E-state index contributed by atoms with van der Waals surface area (Å²) in [5.74, 6) is 1.13. The van der Waals surface area contributed by atoms with Crippen LogP contribution >= 0.6 is 0 Å². The van der Waals surface area contributed by atoms with Crippen molar-refractivity contribution >= 4 is 6.08 Å². The van der Waals surface area contributed by atoms with E-state index in [1.807, 2.05) is 6.08 Å². The minimum Gasteiger partial charge on any atom is -0.328 e. The first kappa shape index (κ1) is 20.1. The van der Waals surface area contributed by atoms with Crippen LogP contribution in [0, 0.1) is 34.6 Å². The third kappa shape index (κ3) is 4.27. The van der Waals surface area contributed by atoms with E-state index in [-0.39, 0.29) is 0 Å². The number of unbranched alkanes of at least 4 members (excludes halogenated alkanes) is 1. The summed E-state index contributed by atoms with van der Waals surface area (Å²) in [5.41, 5.74) is 10.2. The molecule has 2 nitrogen and oxygen atoms in total. The van der Waals surface area contributed by atoms with Gasteiger partial charge in [-0.1, -0.05) is 54.6 Å². The van der Waals surface area contributed by atoms with Gasteiger partial charge in [-0.2, -0.15) is 0 Å². The summed E-state index contributed by atoms with van der Waals surface area (Å²) in [6, 6.07) is 13.2. The molecule has 2 heteroatoms. The number of hydrogen-bond acceptors (Lipinski definition) is 1. The summed E-state index contributed by atoms with van der Waals surface area (Å²) in [4.78, 5) is 4.94. The summed E-state index contributed by atoms with van der Waals surface area (Å²) < 4.78 is 2.42. The predicted molar refractivity (Wildman–Crippen MR) is 121 cm³/mol. The lowest BCUT2D eigenvalue weighted by Gasteiger charge is -2.15. The lowest BCUT2D eigenvalue weighted by molar-refractivity contribution is 0.602. The third-order valence-electron chi connectivity index (χ3n) is 5.67. The van der Waals surface area contributed by atoms with Crippen molar-refractivity contribution in [3.63, 3.8) is 0 Å². The molecule has 28 heavy (non-hydrogen) atoms. The Kier molecular flexibility index (Phi) is 6.18. The third-order valence-corrected chi connectivity index (χ3v) is 5.67. The second-order valence-corrected chi connectivity index (χ2v) is 7.93. The number of benzene rings is 2. The van der Waals surface area contributed by atoms with Crippen molar-refractivity contribution in [3.8, 4) is 11.4 Å². The highest BCUT2D eigenvalue weighted by atomic mass is 15.1. The smallest absolute Gasteiger partial charge is 0.140 e. The Morgan fingerprint density at radius 2 is 1.57 bits per heavy atom. The largest absolute Gasteiger partial charge is 0.328 e. The highest BCUT2D eigenvalue weighted by molar-refractivity contribution is 5.66. The second-order valence-electron chi connectivity index (χ2n) is 7.93. The maximum absolute atomic E-state index is 4.94. The van der Waals surface area contributed by atoms with Gasteiger partial charge in [-0.15, -0.1) is 0 Å². The van der Waals surface area contributed by atoms with Gasteiger partial charge in [0.1, 0.15) is 5.82 Å². The van der Waals surface area contributed by atoms with Gasteiger partial charge >= 0.3 is 0 Å². The summed E-state index contributed by atoms with van der Waals surface area (Å²) in [7, 11) is 0. The molecule has 0 aliphatic heterocycles. The number of rotatable bonds is 7. The van der Waals surface area contributed by atoms with E-state index >= 15 is 0 Å². The summed E-state index contributed by atoms with van der Waals surface area (Å²) >= 11 is 0. The van der Waals surface area contributed by atoms with E-state index in [9.17, 15) is 0 Å². The van der Waals surface area contributed by atoms with E-state index in [1.165, 1.54) is 45.5 Å². The number of hydrogen-bond donors (Lipinski definition) is 0. The van der Waals surface area contributed by atoms with Gasteiger partial charge in [-0.05, 0) is 76.1 Å². The lowest BCUT2D eigenvalue weighted by Crippen LogP contribution is -2.05. The molecule has 0 saturated heterocycles. The van der Waals surface area contributed by atoms with E-state index in [0.29, 0.717) is 0 Å². The van der Waals surface area contributed by atoms with E-state index in [0.717, 1.165) is 30.9 Å². The van der Waals surface area contributed by atoms with Crippen molar-refractivity contribution in [1.82, 2.24) is 9.55 Å². The first-order chi connectivity index (χ1) is 13.4. The average molecular weight is 373 g/mol. The Bertz CT molecular complexity index is 951. The zero-order chi connectivity index (χ0) is 20.3. The Balaban J connectivity index is 1.75. The Morgan fingerprint density at radius 1 is 0.929 bits per heavy atom. The van der Waals surface area contributed by atoms with Crippen LogP contribution in [0.3, 0.4) is 0 Å². The molecule has 3 aromatic rings. The number of nitrogens with zero attached hydrogens (tertiary/aromatic N) is 2. The van der Waals surface area contributed by atoms with Crippen molar-refractivity contribution in [3.05, 3.63) is 82.2 Å². The maximum atomic E-state index is 4.94. The first-order valence-corrected chi connectivity index (χ1v) is 10.2. The van der Waals surface area contributed by atoms with Crippen LogP contribution in [0.2, 0.25) is 0 Å². The van der Waals surface area contributed by atoms with Gasteiger partial charge in [0.05, 0.1) is 5.69 Å².